The summed E-state index contributed by atoms with van der Waals surface area (Å²) in [5, 5.41) is 0. The van der Waals surface area contributed by atoms with E-state index in [1.54, 1.807) is 31.5 Å². The SMILES string of the molecule is COc1cc(C(=O)N2CCC3(CCCCc4ccccc4OCCN(Cc4ccccc4F)C3)CC2)ccn1. The van der Waals surface area contributed by atoms with E-state index in [0.29, 0.717) is 49.8 Å². The predicted octanol–water partition coefficient (Wildman–Crippen LogP) is 5.76. The highest BCUT2D eigenvalue weighted by molar-refractivity contribution is 5.94. The second kappa shape index (κ2) is 12.6. The van der Waals surface area contributed by atoms with E-state index in [1.165, 1.54) is 11.6 Å². The Morgan fingerprint density at radius 2 is 1.82 bits per heavy atom. The summed E-state index contributed by atoms with van der Waals surface area (Å²) in [6, 6.07) is 18.8. The van der Waals surface area contributed by atoms with Gasteiger partial charge in [-0.2, -0.15) is 0 Å². The molecule has 39 heavy (non-hydrogen) atoms. The summed E-state index contributed by atoms with van der Waals surface area (Å²) < 4.78 is 26.1. The third kappa shape index (κ3) is 6.77. The molecule has 0 radical (unpaired) electrons. The number of halogens is 1. The standard InChI is InChI=1S/C32H38FN3O3/c1-38-30-22-26(13-17-34-30)31(37)36-18-15-32(16-19-36)14-7-6-9-25-8-3-5-12-29(25)39-21-20-35(24-32)23-27-10-2-4-11-28(27)33/h2-5,8,10-13,17,22H,6-7,9,14-16,18-21,23-24H2,1H3. The molecule has 1 fully saturated rings. The molecule has 1 saturated heterocycles. The summed E-state index contributed by atoms with van der Waals surface area (Å²) in [6.07, 6.45) is 7.75. The van der Waals surface area contributed by atoms with E-state index in [2.05, 4.69) is 28.1 Å². The molecular formula is C32H38FN3O3. The number of carbonyl (C=O) groups excluding carboxylic acids is 1. The van der Waals surface area contributed by atoms with Crippen LogP contribution in [-0.4, -0.2) is 60.6 Å². The van der Waals surface area contributed by atoms with Gasteiger partial charge in [0.05, 0.1) is 7.11 Å². The number of amides is 1. The van der Waals surface area contributed by atoms with Crippen molar-refractivity contribution in [3.8, 4) is 11.6 Å². The highest BCUT2D eigenvalue weighted by Gasteiger charge is 2.37. The summed E-state index contributed by atoms with van der Waals surface area (Å²) >= 11 is 0. The van der Waals surface area contributed by atoms with Crippen LogP contribution in [0.15, 0.2) is 66.9 Å². The van der Waals surface area contributed by atoms with Gasteiger partial charge < -0.3 is 14.4 Å². The van der Waals surface area contributed by atoms with Crippen LogP contribution in [0.1, 0.15) is 53.6 Å². The van der Waals surface area contributed by atoms with Crippen molar-refractivity contribution in [3.63, 3.8) is 0 Å². The Labute approximate surface area is 230 Å². The van der Waals surface area contributed by atoms with E-state index in [9.17, 15) is 9.18 Å². The number of carbonyl (C=O) groups is 1. The number of methoxy groups -OCH3 is 1. The van der Waals surface area contributed by atoms with Crippen molar-refractivity contribution in [2.45, 2.75) is 45.1 Å². The molecule has 1 amide bonds. The van der Waals surface area contributed by atoms with Gasteiger partial charge in [0.15, 0.2) is 0 Å². The lowest BCUT2D eigenvalue weighted by Gasteiger charge is -2.45. The quantitative estimate of drug-likeness (QED) is 0.429. The van der Waals surface area contributed by atoms with Crippen molar-refractivity contribution >= 4 is 5.91 Å². The fraction of sp³-hybridized carbons (Fsp3) is 0.438. The molecule has 1 spiro atoms. The molecule has 2 aliphatic rings. The van der Waals surface area contributed by atoms with Crippen LogP contribution in [0.5, 0.6) is 11.6 Å². The topological polar surface area (TPSA) is 54.9 Å². The maximum Gasteiger partial charge on any atom is 0.254 e. The molecule has 0 N–H and O–H groups in total. The number of rotatable bonds is 4. The first-order valence-corrected chi connectivity index (χ1v) is 14.0. The van der Waals surface area contributed by atoms with E-state index in [1.807, 2.05) is 23.1 Å². The maximum absolute atomic E-state index is 14.7. The first-order valence-electron chi connectivity index (χ1n) is 14.0. The zero-order valence-electron chi connectivity index (χ0n) is 22.8. The molecule has 0 bridgehead atoms. The lowest BCUT2D eigenvalue weighted by molar-refractivity contribution is 0.0358. The average molecular weight is 532 g/mol. The normalized spacial score (nSPS) is 18.4. The summed E-state index contributed by atoms with van der Waals surface area (Å²) in [7, 11) is 1.56. The Kier molecular flexibility index (Phi) is 8.77. The van der Waals surface area contributed by atoms with Gasteiger partial charge in [0, 0.05) is 56.1 Å². The number of aromatic nitrogens is 1. The average Bonchev–Trinajstić information content (AvgIpc) is 2.96. The van der Waals surface area contributed by atoms with Gasteiger partial charge in [-0.3, -0.25) is 9.69 Å². The number of para-hydroxylation sites is 1. The third-order valence-corrected chi connectivity index (χ3v) is 8.25. The summed E-state index contributed by atoms with van der Waals surface area (Å²) in [4.78, 5) is 21.7. The Hall–Kier alpha value is -3.45. The molecule has 6 nitrogen and oxygen atoms in total. The largest absolute Gasteiger partial charge is 0.492 e. The second-order valence-electron chi connectivity index (χ2n) is 10.8. The Morgan fingerprint density at radius 1 is 1.03 bits per heavy atom. The van der Waals surface area contributed by atoms with E-state index < -0.39 is 0 Å². The molecule has 0 saturated carbocycles. The molecular weight excluding hydrogens is 493 g/mol. The molecule has 0 aliphatic carbocycles. The number of hydrogen-bond donors (Lipinski definition) is 0. The van der Waals surface area contributed by atoms with E-state index >= 15 is 0 Å². The molecule has 2 aromatic carbocycles. The number of ether oxygens (including phenoxy) is 2. The number of likely N-dealkylation sites (tertiary alicyclic amines) is 1. The summed E-state index contributed by atoms with van der Waals surface area (Å²) in [6.45, 7) is 4.07. The van der Waals surface area contributed by atoms with Gasteiger partial charge in [0.25, 0.3) is 5.91 Å². The Morgan fingerprint density at radius 3 is 2.64 bits per heavy atom. The molecule has 2 aliphatic heterocycles. The number of benzene rings is 2. The molecule has 7 heteroatoms. The van der Waals surface area contributed by atoms with Gasteiger partial charge in [-0.1, -0.05) is 42.8 Å². The van der Waals surface area contributed by atoms with Gasteiger partial charge in [-0.05, 0) is 61.3 Å². The number of hydrogen-bond acceptors (Lipinski definition) is 5. The minimum Gasteiger partial charge on any atom is -0.492 e. The van der Waals surface area contributed by atoms with Gasteiger partial charge in [-0.15, -0.1) is 0 Å². The molecule has 3 heterocycles. The molecule has 0 unspecified atom stereocenters. The Bertz CT molecular complexity index is 1260. The van der Waals surface area contributed by atoms with Crippen molar-refractivity contribution in [2.75, 3.05) is 39.9 Å². The molecule has 206 valence electrons. The lowest BCUT2D eigenvalue weighted by Crippen LogP contribution is -2.48. The maximum atomic E-state index is 14.7. The fourth-order valence-corrected chi connectivity index (χ4v) is 6.02. The van der Waals surface area contributed by atoms with Gasteiger partial charge in [0.1, 0.15) is 18.2 Å². The van der Waals surface area contributed by atoms with Crippen molar-refractivity contribution < 1.29 is 18.7 Å². The van der Waals surface area contributed by atoms with E-state index in [0.717, 1.165) is 50.8 Å². The minimum atomic E-state index is -0.169. The van der Waals surface area contributed by atoms with Gasteiger partial charge >= 0.3 is 0 Å². The van der Waals surface area contributed by atoms with Crippen molar-refractivity contribution in [1.29, 1.82) is 0 Å². The van der Waals surface area contributed by atoms with Crippen LogP contribution in [0.25, 0.3) is 0 Å². The molecule has 3 aromatic rings. The zero-order valence-corrected chi connectivity index (χ0v) is 22.8. The summed E-state index contributed by atoms with van der Waals surface area (Å²) in [5.41, 5.74) is 2.63. The van der Waals surface area contributed by atoms with Crippen LogP contribution in [0.4, 0.5) is 4.39 Å². The molecule has 1 aromatic heterocycles. The lowest BCUT2D eigenvalue weighted by atomic mass is 9.73. The number of pyridine rings is 1. The number of aryl methyl sites for hydroxylation is 1. The highest BCUT2D eigenvalue weighted by Crippen LogP contribution is 2.39. The van der Waals surface area contributed by atoms with Crippen LogP contribution in [0.2, 0.25) is 0 Å². The Balaban J connectivity index is 1.33. The van der Waals surface area contributed by atoms with Crippen LogP contribution in [0, 0.1) is 11.2 Å². The van der Waals surface area contributed by atoms with Crippen molar-refractivity contribution in [2.24, 2.45) is 5.41 Å². The summed E-state index contributed by atoms with van der Waals surface area (Å²) in [5.74, 6) is 1.25. The highest BCUT2D eigenvalue weighted by atomic mass is 19.1. The number of fused-ring (bicyclic) bond motifs is 1. The van der Waals surface area contributed by atoms with Crippen LogP contribution < -0.4 is 9.47 Å². The zero-order chi connectivity index (χ0) is 27.1. The smallest absolute Gasteiger partial charge is 0.254 e. The number of piperidine rings is 1. The monoisotopic (exact) mass is 531 g/mol. The molecule has 5 rings (SSSR count). The first-order chi connectivity index (χ1) is 19.0. The number of nitrogens with zero attached hydrogens (tertiary/aromatic N) is 3. The third-order valence-electron chi connectivity index (χ3n) is 8.25. The van der Waals surface area contributed by atoms with Crippen molar-refractivity contribution in [1.82, 2.24) is 14.8 Å². The van der Waals surface area contributed by atoms with Crippen LogP contribution in [0.3, 0.4) is 0 Å². The fourth-order valence-electron chi connectivity index (χ4n) is 6.02. The second-order valence-corrected chi connectivity index (χ2v) is 10.8. The minimum absolute atomic E-state index is 0.0203. The van der Waals surface area contributed by atoms with Crippen molar-refractivity contribution in [3.05, 3.63) is 89.4 Å². The molecule has 0 atom stereocenters. The van der Waals surface area contributed by atoms with E-state index in [-0.39, 0.29) is 17.1 Å². The first kappa shape index (κ1) is 27.1. The van der Waals surface area contributed by atoms with E-state index in [4.69, 9.17) is 9.47 Å². The van der Waals surface area contributed by atoms with Crippen LogP contribution >= 0.6 is 0 Å². The van der Waals surface area contributed by atoms with Crippen LogP contribution in [-0.2, 0) is 13.0 Å². The predicted molar refractivity (Wildman–Crippen MR) is 150 cm³/mol. The van der Waals surface area contributed by atoms with Gasteiger partial charge in [-0.25, -0.2) is 9.37 Å². The van der Waals surface area contributed by atoms with Gasteiger partial charge in [0.2, 0.25) is 5.88 Å².